The summed E-state index contributed by atoms with van der Waals surface area (Å²) in [5, 5.41) is 4.28. The van der Waals surface area contributed by atoms with Gasteiger partial charge in [0.2, 0.25) is 0 Å². The number of imidazole rings is 1. The maximum atomic E-state index is 4.28. The van der Waals surface area contributed by atoms with E-state index in [-0.39, 0.29) is 0 Å². The second-order valence-electron chi connectivity index (χ2n) is 6.70. The molecule has 0 amide bonds. The number of likely N-dealkylation sites (tertiary alicyclic amines) is 1. The Bertz CT molecular complexity index is 746. The summed E-state index contributed by atoms with van der Waals surface area (Å²) in [4.78, 5) is 6.76. The summed E-state index contributed by atoms with van der Waals surface area (Å²) in [7, 11) is 0. The van der Waals surface area contributed by atoms with Gasteiger partial charge in [0, 0.05) is 43.9 Å². The van der Waals surface area contributed by atoms with Gasteiger partial charge in [-0.3, -0.25) is 4.90 Å². The maximum absolute atomic E-state index is 4.28. The normalized spacial score (nSPS) is 21.9. The molecular formula is C19H23N5. The molecule has 5 nitrogen and oxygen atoms in total. The van der Waals surface area contributed by atoms with E-state index in [4.69, 9.17) is 0 Å². The lowest BCUT2D eigenvalue weighted by Crippen LogP contribution is -2.40. The number of rotatable bonds is 4. The molecule has 0 bridgehead atoms. The summed E-state index contributed by atoms with van der Waals surface area (Å²) in [6.45, 7) is 5.59. The molecule has 0 unspecified atom stereocenters. The zero-order valence-electron chi connectivity index (χ0n) is 14.0. The number of hydrogen-bond acceptors (Lipinski definition) is 3. The van der Waals surface area contributed by atoms with Gasteiger partial charge in [0.15, 0.2) is 0 Å². The quantitative estimate of drug-likeness (QED) is 0.741. The van der Waals surface area contributed by atoms with Crippen molar-refractivity contribution in [1.29, 1.82) is 0 Å². The summed E-state index contributed by atoms with van der Waals surface area (Å²) in [5.74, 6) is 0.692. The second kappa shape index (κ2) is 6.61. The number of piperidine rings is 1. The minimum Gasteiger partial charge on any atom is -0.333 e. The van der Waals surface area contributed by atoms with Crippen LogP contribution in [0.3, 0.4) is 0 Å². The van der Waals surface area contributed by atoms with E-state index in [0.29, 0.717) is 12.0 Å². The predicted molar refractivity (Wildman–Crippen MR) is 93.9 cm³/mol. The van der Waals surface area contributed by atoms with Crippen LogP contribution in [0.2, 0.25) is 0 Å². The average molecular weight is 321 g/mol. The largest absolute Gasteiger partial charge is 0.333 e. The van der Waals surface area contributed by atoms with Crippen LogP contribution < -0.4 is 0 Å². The van der Waals surface area contributed by atoms with E-state index in [1.54, 1.807) is 6.20 Å². The van der Waals surface area contributed by atoms with Crippen LogP contribution in [-0.2, 0) is 6.54 Å². The smallest absolute Gasteiger partial charge is 0.0949 e. The van der Waals surface area contributed by atoms with Crippen molar-refractivity contribution in [2.24, 2.45) is 5.92 Å². The molecule has 1 aromatic carbocycles. The van der Waals surface area contributed by atoms with Crippen molar-refractivity contribution < 1.29 is 0 Å². The third-order valence-electron chi connectivity index (χ3n) is 5.02. The molecular weight excluding hydrogens is 298 g/mol. The Kier molecular flexibility index (Phi) is 4.17. The van der Waals surface area contributed by atoms with Gasteiger partial charge in [-0.05, 0) is 42.6 Å². The molecule has 0 aliphatic carbocycles. The molecule has 0 N–H and O–H groups in total. The van der Waals surface area contributed by atoms with E-state index in [1.165, 1.54) is 12.0 Å². The second-order valence-corrected chi connectivity index (χ2v) is 6.70. The van der Waals surface area contributed by atoms with Gasteiger partial charge in [0.1, 0.15) is 0 Å². The molecule has 5 heteroatoms. The fourth-order valence-corrected chi connectivity index (χ4v) is 3.55. The van der Waals surface area contributed by atoms with E-state index in [2.05, 4.69) is 56.9 Å². The summed E-state index contributed by atoms with van der Waals surface area (Å²) in [6.07, 6.45) is 10.9. The molecule has 0 saturated carbocycles. The standard InChI is InChI=1S/C19H23N5/c1-16-7-11-22(14-19(16)23-12-9-20-15-23)13-17-3-5-18(6-4-17)24-10-2-8-21-24/h2-6,8-10,12,15-16,19H,7,11,13-14H2,1H3/t16-,19-/m1/s1. The van der Waals surface area contributed by atoms with Crippen LogP contribution in [0.1, 0.15) is 24.9 Å². The molecule has 3 aromatic rings. The van der Waals surface area contributed by atoms with Crippen molar-refractivity contribution in [1.82, 2.24) is 24.2 Å². The SMILES string of the molecule is C[C@@H]1CCN(Cc2ccc(-n3cccn3)cc2)C[C@H]1n1ccnc1. The first-order valence-electron chi connectivity index (χ1n) is 8.58. The summed E-state index contributed by atoms with van der Waals surface area (Å²) in [6, 6.07) is 11.2. The molecule has 1 aliphatic rings. The molecule has 1 aliphatic heterocycles. The topological polar surface area (TPSA) is 38.9 Å². The van der Waals surface area contributed by atoms with Crippen LogP contribution in [0, 0.1) is 5.92 Å². The van der Waals surface area contributed by atoms with Crippen LogP contribution in [-0.4, -0.2) is 37.3 Å². The lowest BCUT2D eigenvalue weighted by Gasteiger charge is -2.37. The van der Waals surface area contributed by atoms with Crippen LogP contribution in [0.15, 0.2) is 61.4 Å². The lowest BCUT2D eigenvalue weighted by atomic mass is 9.93. The zero-order valence-corrected chi connectivity index (χ0v) is 14.0. The van der Waals surface area contributed by atoms with Gasteiger partial charge in [0.25, 0.3) is 0 Å². The molecule has 124 valence electrons. The maximum Gasteiger partial charge on any atom is 0.0949 e. The first-order chi connectivity index (χ1) is 11.8. The Balaban J connectivity index is 1.43. The molecule has 24 heavy (non-hydrogen) atoms. The van der Waals surface area contributed by atoms with Gasteiger partial charge in [-0.25, -0.2) is 9.67 Å². The molecule has 3 heterocycles. The van der Waals surface area contributed by atoms with Crippen LogP contribution in [0.25, 0.3) is 5.69 Å². The van der Waals surface area contributed by atoms with E-state index in [1.807, 2.05) is 29.5 Å². The van der Waals surface area contributed by atoms with Crippen molar-refractivity contribution in [2.75, 3.05) is 13.1 Å². The molecule has 0 radical (unpaired) electrons. The van der Waals surface area contributed by atoms with Gasteiger partial charge in [-0.15, -0.1) is 0 Å². The van der Waals surface area contributed by atoms with Crippen LogP contribution >= 0.6 is 0 Å². The van der Waals surface area contributed by atoms with Gasteiger partial charge in [-0.1, -0.05) is 19.1 Å². The Hall–Kier alpha value is -2.40. The Morgan fingerprint density at radius 3 is 2.71 bits per heavy atom. The van der Waals surface area contributed by atoms with E-state index < -0.39 is 0 Å². The monoisotopic (exact) mass is 321 g/mol. The lowest BCUT2D eigenvalue weighted by molar-refractivity contribution is 0.126. The summed E-state index contributed by atoms with van der Waals surface area (Å²) < 4.78 is 4.15. The van der Waals surface area contributed by atoms with Crippen LogP contribution in [0.5, 0.6) is 0 Å². The van der Waals surface area contributed by atoms with Gasteiger partial charge < -0.3 is 4.57 Å². The van der Waals surface area contributed by atoms with E-state index >= 15 is 0 Å². The highest BCUT2D eigenvalue weighted by Crippen LogP contribution is 2.28. The minimum absolute atomic E-state index is 0.518. The molecule has 1 fully saturated rings. The highest BCUT2D eigenvalue weighted by atomic mass is 15.3. The number of aromatic nitrogens is 4. The Morgan fingerprint density at radius 2 is 2.00 bits per heavy atom. The molecule has 0 spiro atoms. The number of hydrogen-bond donors (Lipinski definition) is 0. The zero-order chi connectivity index (χ0) is 16.4. The molecule has 2 atom stereocenters. The highest BCUT2D eigenvalue weighted by molar-refractivity contribution is 5.33. The van der Waals surface area contributed by atoms with Gasteiger partial charge >= 0.3 is 0 Å². The third-order valence-corrected chi connectivity index (χ3v) is 5.02. The highest BCUT2D eigenvalue weighted by Gasteiger charge is 2.27. The average Bonchev–Trinajstić information content (AvgIpc) is 3.31. The predicted octanol–water partition coefficient (Wildman–Crippen LogP) is 3.15. The fourth-order valence-electron chi connectivity index (χ4n) is 3.55. The van der Waals surface area contributed by atoms with Crippen molar-refractivity contribution in [3.8, 4) is 5.69 Å². The van der Waals surface area contributed by atoms with E-state index in [0.717, 1.165) is 25.3 Å². The Morgan fingerprint density at radius 1 is 1.12 bits per heavy atom. The fraction of sp³-hybridized carbons (Fsp3) is 0.368. The molecule has 2 aromatic heterocycles. The molecule has 1 saturated heterocycles. The molecule has 4 rings (SSSR count). The van der Waals surface area contributed by atoms with Crippen LogP contribution in [0.4, 0.5) is 0 Å². The van der Waals surface area contributed by atoms with E-state index in [9.17, 15) is 0 Å². The van der Waals surface area contributed by atoms with Crippen molar-refractivity contribution in [3.63, 3.8) is 0 Å². The summed E-state index contributed by atoms with van der Waals surface area (Å²) in [5.41, 5.74) is 2.46. The van der Waals surface area contributed by atoms with Crippen molar-refractivity contribution in [2.45, 2.75) is 25.9 Å². The number of benzene rings is 1. The van der Waals surface area contributed by atoms with Crippen molar-refractivity contribution >= 4 is 0 Å². The minimum atomic E-state index is 0.518. The summed E-state index contributed by atoms with van der Waals surface area (Å²) >= 11 is 0. The first-order valence-corrected chi connectivity index (χ1v) is 8.58. The Labute approximate surface area is 142 Å². The third kappa shape index (κ3) is 3.12. The van der Waals surface area contributed by atoms with Gasteiger partial charge in [0.05, 0.1) is 12.0 Å². The number of nitrogens with zero attached hydrogens (tertiary/aromatic N) is 5. The van der Waals surface area contributed by atoms with Crippen molar-refractivity contribution in [3.05, 3.63) is 67.0 Å². The van der Waals surface area contributed by atoms with Gasteiger partial charge in [-0.2, -0.15) is 5.10 Å². The first kappa shape index (κ1) is 15.1.